The third kappa shape index (κ3) is 4.83. The van der Waals surface area contributed by atoms with E-state index in [2.05, 4.69) is 10.00 Å². The van der Waals surface area contributed by atoms with E-state index in [0.29, 0.717) is 57.3 Å². The van der Waals surface area contributed by atoms with E-state index in [-0.39, 0.29) is 29.3 Å². The molecule has 1 saturated carbocycles. The second-order valence-corrected chi connectivity index (χ2v) is 9.91. The largest absolute Gasteiger partial charge is 0.466 e. The highest BCUT2D eigenvalue weighted by Crippen LogP contribution is 2.32. The fraction of sp³-hybridized carbons (Fsp3) is 0.556. The van der Waals surface area contributed by atoms with Gasteiger partial charge in [-0.25, -0.2) is 0 Å². The number of carbonyl (C=O) groups excluding carboxylic acids is 2. The monoisotopic (exact) mass is 493 g/mol. The maximum Gasteiger partial charge on any atom is 0.310 e. The number of piperazine rings is 1. The Morgan fingerprint density at radius 1 is 0.944 bits per heavy atom. The number of anilines is 2. The molecule has 3 aliphatic rings. The third-order valence-corrected chi connectivity index (χ3v) is 7.68. The summed E-state index contributed by atoms with van der Waals surface area (Å²) in [7, 11) is 0. The van der Waals surface area contributed by atoms with E-state index in [0.717, 1.165) is 37.8 Å². The van der Waals surface area contributed by atoms with Crippen molar-refractivity contribution in [3.8, 4) is 5.69 Å². The molecule has 1 atom stereocenters. The van der Waals surface area contributed by atoms with Crippen LogP contribution in [0.5, 0.6) is 0 Å². The molecule has 1 aromatic heterocycles. The van der Waals surface area contributed by atoms with E-state index in [4.69, 9.17) is 4.74 Å². The van der Waals surface area contributed by atoms with Crippen LogP contribution >= 0.6 is 0 Å². The van der Waals surface area contributed by atoms with Gasteiger partial charge in [-0.05, 0) is 44.7 Å². The quantitative estimate of drug-likeness (QED) is 0.571. The molecule has 9 nitrogen and oxygen atoms in total. The predicted molar refractivity (Wildman–Crippen MR) is 138 cm³/mol. The molecule has 1 unspecified atom stereocenters. The van der Waals surface area contributed by atoms with Crippen LogP contribution in [-0.2, 0) is 14.3 Å². The summed E-state index contributed by atoms with van der Waals surface area (Å²) < 4.78 is 6.73. The first kappa shape index (κ1) is 24.3. The summed E-state index contributed by atoms with van der Waals surface area (Å²) in [5.74, 6) is -0.00524. The van der Waals surface area contributed by atoms with Gasteiger partial charge >= 0.3 is 5.97 Å². The number of piperidine rings is 1. The number of para-hydroxylation sites is 1. The molecular formula is C27H35N5O4. The molecular weight excluding hydrogens is 458 g/mol. The molecule has 192 valence electrons. The number of ether oxygens (including phenoxy) is 1. The van der Waals surface area contributed by atoms with E-state index in [1.807, 2.05) is 47.1 Å². The maximum atomic E-state index is 13.9. The predicted octanol–water partition coefficient (Wildman–Crippen LogP) is 2.46. The molecule has 9 heteroatoms. The van der Waals surface area contributed by atoms with E-state index < -0.39 is 0 Å². The van der Waals surface area contributed by atoms with Crippen LogP contribution in [0.4, 0.5) is 11.4 Å². The SMILES string of the molecule is CCOC(=O)C1CCCN(c2c(N3CCN(C(=O)C4CCC4)CC3)cnn(-c3ccccc3)c2=O)C1. The lowest BCUT2D eigenvalue weighted by molar-refractivity contribution is -0.148. The smallest absolute Gasteiger partial charge is 0.310 e. The molecule has 2 aromatic rings. The molecule has 0 bridgehead atoms. The van der Waals surface area contributed by atoms with Crippen LogP contribution in [0.15, 0.2) is 41.3 Å². The Kier molecular flexibility index (Phi) is 7.25. The summed E-state index contributed by atoms with van der Waals surface area (Å²) in [6, 6.07) is 9.39. The first-order chi connectivity index (χ1) is 17.6. The molecule has 2 saturated heterocycles. The van der Waals surface area contributed by atoms with Crippen molar-refractivity contribution in [3.63, 3.8) is 0 Å². The lowest BCUT2D eigenvalue weighted by Gasteiger charge is -2.41. The van der Waals surface area contributed by atoms with Crippen molar-refractivity contribution in [2.24, 2.45) is 11.8 Å². The molecule has 36 heavy (non-hydrogen) atoms. The number of hydrogen-bond acceptors (Lipinski definition) is 7. The molecule has 0 N–H and O–H groups in total. The van der Waals surface area contributed by atoms with Crippen molar-refractivity contribution in [1.82, 2.24) is 14.7 Å². The zero-order valence-electron chi connectivity index (χ0n) is 21.0. The molecule has 2 aliphatic heterocycles. The number of esters is 1. The number of amides is 1. The van der Waals surface area contributed by atoms with Crippen LogP contribution in [0.2, 0.25) is 0 Å². The number of carbonyl (C=O) groups is 2. The van der Waals surface area contributed by atoms with Crippen molar-refractivity contribution in [2.75, 3.05) is 55.7 Å². The third-order valence-electron chi connectivity index (χ3n) is 7.68. The molecule has 3 heterocycles. The van der Waals surface area contributed by atoms with Crippen LogP contribution in [0, 0.1) is 11.8 Å². The minimum absolute atomic E-state index is 0.191. The molecule has 0 spiro atoms. The Hall–Kier alpha value is -3.36. The Bertz CT molecular complexity index is 1140. The second kappa shape index (κ2) is 10.7. The summed E-state index contributed by atoms with van der Waals surface area (Å²) in [6.07, 6.45) is 6.47. The summed E-state index contributed by atoms with van der Waals surface area (Å²) in [6.45, 7) is 5.88. The lowest BCUT2D eigenvalue weighted by atomic mass is 9.84. The van der Waals surface area contributed by atoms with Gasteiger partial charge in [0.25, 0.3) is 5.56 Å². The van der Waals surface area contributed by atoms with Gasteiger partial charge in [-0.3, -0.25) is 14.4 Å². The Morgan fingerprint density at radius 3 is 2.33 bits per heavy atom. The topological polar surface area (TPSA) is 88.0 Å². The van der Waals surface area contributed by atoms with Gasteiger partial charge in [-0.2, -0.15) is 9.78 Å². The number of aromatic nitrogens is 2. The standard InChI is InChI=1S/C27H35N5O4/c1-2-36-27(35)21-10-7-13-31(19-21)24-23(18-28-32(26(24)34)22-11-4-3-5-12-22)29-14-16-30(17-15-29)25(33)20-8-6-9-20/h3-5,11-12,18,20-21H,2,6-10,13-17,19H2,1H3. The Balaban J connectivity index is 1.44. The number of hydrogen-bond donors (Lipinski definition) is 0. The van der Waals surface area contributed by atoms with Crippen molar-refractivity contribution >= 4 is 23.3 Å². The van der Waals surface area contributed by atoms with Crippen LogP contribution in [-0.4, -0.2) is 72.4 Å². The summed E-state index contributed by atoms with van der Waals surface area (Å²) in [4.78, 5) is 45.3. The van der Waals surface area contributed by atoms with Gasteiger partial charge in [0.2, 0.25) is 5.91 Å². The van der Waals surface area contributed by atoms with Crippen molar-refractivity contribution in [2.45, 2.75) is 39.0 Å². The Morgan fingerprint density at radius 2 is 1.67 bits per heavy atom. The minimum Gasteiger partial charge on any atom is -0.466 e. The van der Waals surface area contributed by atoms with Gasteiger partial charge in [0.1, 0.15) is 5.69 Å². The van der Waals surface area contributed by atoms with Gasteiger partial charge in [0, 0.05) is 45.2 Å². The second-order valence-electron chi connectivity index (χ2n) is 9.91. The van der Waals surface area contributed by atoms with Gasteiger partial charge < -0.3 is 19.4 Å². The summed E-state index contributed by atoms with van der Waals surface area (Å²) >= 11 is 0. The normalized spacial score (nSPS) is 20.7. The highest BCUT2D eigenvalue weighted by Gasteiger charge is 2.34. The van der Waals surface area contributed by atoms with Crippen LogP contribution in [0.3, 0.4) is 0 Å². The van der Waals surface area contributed by atoms with Gasteiger partial charge in [0.15, 0.2) is 0 Å². The molecule has 1 aromatic carbocycles. The average molecular weight is 494 g/mol. The van der Waals surface area contributed by atoms with Crippen LogP contribution in [0.1, 0.15) is 39.0 Å². The molecule has 1 aliphatic carbocycles. The van der Waals surface area contributed by atoms with Crippen LogP contribution in [0.25, 0.3) is 5.69 Å². The number of benzene rings is 1. The van der Waals surface area contributed by atoms with E-state index >= 15 is 0 Å². The maximum absolute atomic E-state index is 13.9. The van der Waals surface area contributed by atoms with E-state index in [1.165, 1.54) is 4.68 Å². The zero-order valence-corrected chi connectivity index (χ0v) is 21.0. The fourth-order valence-corrected chi connectivity index (χ4v) is 5.43. The van der Waals surface area contributed by atoms with Gasteiger partial charge in [0.05, 0.1) is 30.1 Å². The average Bonchev–Trinajstić information content (AvgIpc) is 2.88. The minimum atomic E-state index is -0.263. The van der Waals surface area contributed by atoms with Crippen LogP contribution < -0.4 is 15.4 Å². The van der Waals surface area contributed by atoms with E-state index in [1.54, 1.807) is 6.20 Å². The molecule has 3 fully saturated rings. The highest BCUT2D eigenvalue weighted by atomic mass is 16.5. The fourth-order valence-electron chi connectivity index (χ4n) is 5.43. The lowest BCUT2D eigenvalue weighted by Crippen LogP contribution is -2.52. The highest BCUT2D eigenvalue weighted by molar-refractivity contribution is 5.80. The molecule has 0 radical (unpaired) electrons. The van der Waals surface area contributed by atoms with Gasteiger partial charge in [-0.1, -0.05) is 24.6 Å². The first-order valence-corrected chi connectivity index (χ1v) is 13.2. The zero-order chi connectivity index (χ0) is 25.1. The van der Waals surface area contributed by atoms with E-state index in [9.17, 15) is 14.4 Å². The molecule has 1 amide bonds. The number of nitrogens with zero attached hydrogens (tertiary/aromatic N) is 5. The Labute approximate surface area is 211 Å². The molecule has 5 rings (SSSR count). The van der Waals surface area contributed by atoms with Crippen molar-refractivity contribution < 1.29 is 14.3 Å². The summed E-state index contributed by atoms with van der Waals surface area (Å²) in [5.41, 5.74) is 1.84. The van der Waals surface area contributed by atoms with Crippen molar-refractivity contribution in [1.29, 1.82) is 0 Å². The van der Waals surface area contributed by atoms with Gasteiger partial charge in [-0.15, -0.1) is 0 Å². The summed E-state index contributed by atoms with van der Waals surface area (Å²) in [5, 5.41) is 4.53. The first-order valence-electron chi connectivity index (χ1n) is 13.2. The number of rotatable bonds is 6. The van der Waals surface area contributed by atoms with Crippen molar-refractivity contribution in [3.05, 3.63) is 46.9 Å².